The molecule has 0 aliphatic carbocycles. The molecule has 0 unspecified atom stereocenters. The summed E-state index contributed by atoms with van der Waals surface area (Å²) in [6, 6.07) is 10.9. The zero-order valence-electron chi connectivity index (χ0n) is 16.7. The summed E-state index contributed by atoms with van der Waals surface area (Å²) in [5.74, 6) is -1.87. The van der Waals surface area contributed by atoms with Gasteiger partial charge in [-0.2, -0.15) is 26.3 Å². The summed E-state index contributed by atoms with van der Waals surface area (Å²) in [6.45, 7) is 0.407. The van der Waals surface area contributed by atoms with Crippen LogP contribution in [0, 0.1) is 5.92 Å². The number of halogens is 6. The highest BCUT2D eigenvalue weighted by atomic mass is 19.4. The second kappa shape index (κ2) is 8.14. The van der Waals surface area contributed by atoms with E-state index < -0.39 is 35.2 Å². The highest BCUT2D eigenvalue weighted by molar-refractivity contribution is 5.96. The van der Waals surface area contributed by atoms with Gasteiger partial charge in [0.2, 0.25) is 5.82 Å². The number of imidazole rings is 1. The molecular formula is C22H19F6N3O. The predicted molar refractivity (Wildman–Crippen MR) is 105 cm³/mol. The van der Waals surface area contributed by atoms with Crippen molar-refractivity contribution in [1.29, 1.82) is 0 Å². The van der Waals surface area contributed by atoms with Crippen LogP contribution in [0.3, 0.4) is 0 Å². The van der Waals surface area contributed by atoms with Crippen LogP contribution >= 0.6 is 0 Å². The third-order valence-electron chi connectivity index (χ3n) is 5.71. The van der Waals surface area contributed by atoms with Crippen molar-refractivity contribution in [3.8, 4) is 0 Å². The van der Waals surface area contributed by atoms with Crippen molar-refractivity contribution in [2.45, 2.75) is 31.7 Å². The van der Waals surface area contributed by atoms with E-state index in [1.165, 1.54) is 23.1 Å². The van der Waals surface area contributed by atoms with Gasteiger partial charge in [-0.05, 0) is 43.0 Å². The topological polar surface area (TPSA) is 38.1 Å². The number of likely N-dealkylation sites (tertiary alicyclic amines) is 1. The van der Waals surface area contributed by atoms with E-state index in [2.05, 4.69) is 4.98 Å². The normalized spacial score (nSPS) is 16.0. The number of carbonyl (C=O) groups excluding carboxylic acids is 1. The van der Waals surface area contributed by atoms with Crippen molar-refractivity contribution in [2.24, 2.45) is 5.92 Å². The van der Waals surface area contributed by atoms with Gasteiger partial charge in [0.15, 0.2) is 0 Å². The highest BCUT2D eigenvalue weighted by Gasteiger charge is 2.39. The average molecular weight is 455 g/mol. The van der Waals surface area contributed by atoms with E-state index in [0.29, 0.717) is 18.4 Å². The van der Waals surface area contributed by atoms with Crippen molar-refractivity contribution >= 4 is 16.9 Å². The number of aromatic nitrogens is 2. The zero-order chi connectivity index (χ0) is 23.1. The SMILES string of the molecule is O=C(c1ccccc1C(F)(F)F)N1CCC(Cn2c(C(F)(F)F)nc3ccccc32)CC1. The number of benzene rings is 2. The molecule has 0 bridgehead atoms. The summed E-state index contributed by atoms with van der Waals surface area (Å²) in [4.78, 5) is 17.8. The predicted octanol–water partition coefficient (Wildman–Crippen LogP) is 5.63. The first kappa shape index (κ1) is 22.2. The fourth-order valence-electron chi connectivity index (χ4n) is 4.14. The zero-order valence-corrected chi connectivity index (χ0v) is 16.7. The van der Waals surface area contributed by atoms with Crippen LogP contribution in [-0.4, -0.2) is 33.4 Å². The van der Waals surface area contributed by atoms with E-state index in [1.807, 2.05) is 0 Å². The van der Waals surface area contributed by atoms with Crippen LogP contribution < -0.4 is 0 Å². The minimum absolute atomic E-state index is 0.0660. The molecule has 10 heteroatoms. The monoisotopic (exact) mass is 455 g/mol. The van der Waals surface area contributed by atoms with Gasteiger partial charge >= 0.3 is 12.4 Å². The molecule has 1 saturated heterocycles. The summed E-state index contributed by atoms with van der Waals surface area (Å²) in [5, 5.41) is 0. The molecule has 0 saturated carbocycles. The Morgan fingerprint density at radius 2 is 1.53 bits per heavy atom. The van der Waals surface area contributed by atoms with Crippen LogP contribution in [0.2, 0.25) is 0 Å². The van der Waals surface area contributed by atoms with Crippen LogP contribution in [0.1, 0.15) is 34.6 Å². The Morgan fingerprint density at radius 3 is 2.19 bits per heavy atom. The maximum atomic E-state index is 13.5. The summed E-state index contributed by atoms with van der Waals surface area (Å²) >= 11 is 0. The quantitative estimate of drug-likeness (QED) is 0.481. The lowest BCUT2D eigenvalue weighted by Gasteiger charge is -2.33. The van der Waals surface area contributed by atoms with E-state index in [4.69, 9.17) is 0 Å². The van der Waals surface area contributed by atoms with Crippen LogP contribution in [0.5, 0.6) is 0 Å². The molecule has 1 fully saturated rings. The molecule has 4 nitrogen and oxygen atoms in total. The number of alkyl halides is 6. The summed E-state index contributed by atoms with van der Waals surface area (Å²) < 4.78 is 81.4. The second-order valence-corrected chi connectivity index (χ2v) is 7.81. The van der Waals surface area contributed by atoms with Crippen molar-refractivity contribution in [3.63, 3.8) is 0 Å². The molecule has 170 valence electrons. The number of carbonyl (C=O) groups is 1. The molecule has 2 heterocycles. The van der Waals surface area contributed by atoms with E-state index in [-0.39, 0.29) is 31.1 Å². The fourth-order valence-corrected chi connectivity index (χ4v) is 4.14. The van der Waals surface area contributed by atoms with E-state index >= 15 is 0 Å². The summed E-state index contributed by atoms with van der Waals surface area (Å²) in [6.07, 6.45) is -8.51. The molecule has 4 rings (SSSR count). The van der Waals surface area contributed by atoms with Crippen molar-refractivity contribution < 1.29 is 31.1 Å². The Balaban J connectivity index is 1.50. The smallest absolute Gasteiger partial charge is 0.339 e. The average Bonchev–Trinajstić information content (AvgIpc) is 3.12. The molecule has 0 radical (unpaired) electrons. The number of para-hydroxylation sites is 2. The third-order valence-corrected chi connectivity index (χ3v) is 5.71. The molecule has 1 aromatic heterocycles. The number of piperidine rings is 1. The maximum absolute atomic E-state index is 13.5. The first-order chi connectivity index (χ1) is 15.1. The van der Waals surface area contributed by atoms with Crippen LogP contribution in [0.4, 0.5) is 26.3 Å². The molecule has 0 spiro atoms. The van der Waals surface area contributed by atoms with E-state index in [1.54, 1.807) is 18.2 Å². The molecular weight excluding hydrogens is 436 g/mol. The van der Waals surface area contributed by atoms with Gasteiger partial charge in [0.1, 0.15) is 0 Å². The number of rotatable bonds is 3. The van der Waals surface area contributed by atoms with Gasteiger partial charge in [0, 0.05) is 19.6 Å². The van der Waals surface area contributed by atoms with Gasteiger partial charge in [0.05, 0.1) is 22.2 Å². The van der Waals surface area contributed by atoms with Gasteiger partial charge in [-0.1, -0.05) is 24.3 Å². The molecule has 2 aromatic carbocycles. The van der Waals surface area contributed by atoms with Crippen molar-refractivity contribution in [2.75, 3.05) is 13.1 Å². The molecule has 1 aliphatic heterocycles. The number of hydrogen-bond donors (Lipinski definition) is 0. The molecule has 0 N–H and O–H groups in total. The minimum atomic E-state index is -4.65. The van der Waals surface area contributed by atoms with Crippen LogP contribution in [0.25, 0.3) is 11.0 Å². The lowest BCUT2D eigenvalue weighted by Crippen LogP contribution is -2.40. The lowest BCUT2D eigenvalue weighted by molar-refractivity contribution is -0.147. The minimum Gasteiger partial charge on any atom is -0.339 e. The third kappa shape index (κ3) is 4.31. The second-order valence-electron chi connectivity index (χ2n) is 7.81. The molecule has 3 aromatic rings. The molecule has 1 amide bonds. The van der Waals surface area contributed by atoms with E-state index in [0.717, 1.165) is 16.7 Å². The van der Waals surface area contributed by atoms with Gasteiger partial charge in [0.25, 0.3) is 5.91 Å². The number of fused-ring (bicyclic) bond motifs is 1. The first-order valence-corrected chi connectivity index (χ1v) is 10.0. The standard InChI is InChI=1S/C22H19F6N3O/c23-21(24,25)16-6-2-1-5-15(16)19(32)30-11-9-14(10-12-30)13-31-18-8-4-3-7-17(18)29-20(31)22(26,27)28/h1-8,14H,9-13H2. The van der Waals surface area contributed by atoms with Gasteiger partial charge < -0.3 is 9.47 Å². The summed E-state index contributed by atoms with van der Waals surface area (Å²) in [5.41, 5.74) is -0.793. The van der Waals surface area contributed by atoms with Gasteiger partial charge in [-0.25, -0.2) is 4.98 Å². The maximum Gasteiger partial charge on any atom is 0.449 e. The molecule has 32 heavy (non-hydrogen) atoms. The Kier molecular flexibility index (Phi) is 5.64. The number of amides is 1. The largest absolute Gasteiger partial charge is 0.449 e. The number of nitrogens with zero attached hydrogens (tertiary/aromatic N) is 3. The van der Waals surface area contributed by atoms with Crippen molar-refractivity contribution in [3.05, 3.63) is 65.5 Å². The Morgan fingerprint density at radius 1 is 0.906 bits per heavy atom. The Bertz CT molecular complexity index is 1130. The highest BCUT2D eigenvalue weighted by Crippen LogP contribution is 2.35. The van der Waals surface area contributed by atoms with E-state index in [9.17, 15) is 31.1 Å². The Labute approximate surface area is 179 Å². The number of hydrogen-bond acceptors (Lipinski definition) is 2. The van der Waals surface area contributed by atoms with Crippen LogP contribution in [0.15, 0.2) is 48.5 Å². The van der Waals surface area contributed by atoms with Gasteiger partial charge in [-0.3, -0.25) is 4.79 Å². The fraction of sp³-hybridized carbons (Fsp3) is 0.364. The van der Waals surface area contributed by atoms with Gasteiger partial charge in [-0.15, -0.1) is 0 Å². The molecule has 0 atom stereocenters. The summed E-state index contributed by atoms with van der Waals surface area (Å²) in [7, 11) is 0. The first-order valence-electron chi connectivity index (χ1n) is 10.0. The van der Waals surface area contributed by atoms with Crippen LogP contribution in [-0.2, 0) is 18.9 Å². The van der Waals surface area contributed by atoms with Crippen molar-refractivity contribution in [1.82, 2.24) is 14.5 Å². The lowest BCUT2D eigenvalue weighted by atomic mass is 9.95. The molecule has 1 aliphatic rings. The Hall–Kier alpha value is -3.04.